The summed E-state index contributed by atoms with van der Waals surface area (Å²) in [5, 5.41) is 0. The van der Waals surface area contributed by atoms with E-state index in [1.54, 1.807) is 0 Å². The molecule has 0 heterocycles. The Kier molecular flexibility index (Phi) is 54.2. The molecule has 0 rings (SSSR count). The third-order valence-electron chi connectivity index (χ3n) is 13.5. The minimum atomic E-state index is -0.765. The van der Waals surface area contributed by atoms with Crippen LogP contribution in [0.3, 0.4) is 0 Å². The van der Waals surface area contributed by atoms with Gasteiger partial charge in [0.1, 0.15) is 13.2 Å². The van der Waals surface area contributed by atoms with Crippen molar-refractivity contribution < 1.29 is 28.6 Å². The van der Waals surface area contributed by atoms with E-state index in [4.69, 9.17) is 14.2 Å². The van der Waals surface area contributed by atoms with Gasteiger partial charge in [0.2, 0.25) is 0 Å². The number of unbranched alkanes of at least 4 members (excludes halogenated alkanes) is 42. The van der Waals surface area contributed by atoms with E-state index < -0.39 is 6.10 Å². The third-order valence-corrected chi connectivity index (χ3v) is 13.5. The Morgan fingerprint density at radius 3 is 0.758 bits per heavy atom. The lowest BCUT2D eigenvalue weighted by atomic mass is 10.0. The fourth-order valence-corrected chi connectivity index (χ4v) is 9.03. The molecule has 390 valence electrons. The average molecular weight is 932 g/mol. The van der Waals surface area contributed by atoms with Gasteiger partial charge in [-0.2, -0.15) is 0 Å². The third kappa shape index (κ3) is 53.1. The Hall–Kier alpha value is -1.85. The fraction of sp³-hybridized carbons (Fsp3) is 0.917. The molecular weight excluding hydrogens is 817 g/mol. The number of esters is 3. The van der Waals surface area contributed by atoms with Crippen LogP contribution in [-0.2, 0) is 28.6 Å². The molecule has 0 spiro atoms. The smallest absolute Gasteiger partial charge is 0.306 e. The van der Waals surface area contributed by atoms with Gasteiger partial charge in [-0.05, 0) is 44.9 Å². The summed E-state index contributed by atoms with van der Waals surface area (Å²) in [5.74, 6) is -0.860. The number of rotatable bonds is 55. The second-order valence-corrected chi connectivity index (χ2v) is 20.3. The van der Waals surface area contributed by atoms with E-state index in [-0.39, 0.29) is 31.1 Å². The number of hydrogen-bond donors (Lipinski definition) is 0. The molecule has 0 amide bonds. The summed E-state index contributed by atoms with van der Waals surface area (Å²) in [6.45, 7) is 6.63. The van der Waals surface area contributed by atoms with Crippen molar-refractivity contribution in [2.24, 2.45) is 0 Å². The Morgan fingerprint density at radius 1 is 0.288 bits per heavy atom. The zero-order valence-electron chi connectivity index (χ0n) is 44.7. The SMILES string of the molecule is CCCCCCCCC/C=C\CCCCCCCCCC(=O)OC(COC(=O)CCCCCCCC)COC(=O)CCCCCCCCCCCCCCCCCCCCCCCCCC. The zero-order chi connectivity index (χ0) is 47.9. The van der Waals surface area contributed by atoms with Crippen LogP contribution in [-0.4, -0.2) is 37.2 Å². The monoisotopic (exact) mass is 931 g/mol. The molecule has 0 radical (unpaired) electrons. The lowest BCUT2D eigenvalue weighted by molar-refractivity contribution is -0.167. The van der Waals surface area contributed by atoms with Crippen molar-refractivity contribution in [2.45, 2.75) is 341 Å². The maximum Gasteiger partial charge on any atom is 0.306 e. The summed E-state index contributed by atoms with van der Waals surface area (Å²) < 4.78 is 16.8. The first kappa shape index (κ1) is 64.2. The number of hydrogen-bond acceptors (Lipinski definition) is 6. The Labute approximate surface area is 411 Å². The van der Waals surface area contributed by atoms with Crippen LogP contribution in [0.5, 0.6) is 0 Å². The van der Waals surface area contributed by atoms with Crippen molar-refractivity contribution in [1.29, 1.82) is 0 Å². The predicted molar refractivity (Wildman–Crippen MR) is 284 cm³/mol. The maximum absolute atomic E-state index is 12.8. The first-order valence-electron chi connectivity index (χ1n) is 29.7. The molecule has 0 bridgehead atoms. The van der Waals surface area contributed by atoms with Gasteiger partial charge in [0.05, 0.1) is 0 Å². The van der Waals surface area contributed by atoms with Gasteiger partial charge in [0.25, 0.3) is 0 Å². The van der Waals surface area contributed by atoms with Crippen molar-refractivity contribution in [3.63, 3.8) is 0 Å². The highest BCUT2D eigenvalue weighted by molar-refractivity contribution is 5.71. The van der Waals surface area contributed by atoms with E-state index in [1.807, 2.05) is 0 Å². The van der Waals surface area contributed by atoms with Crippen LogP contribution in [0.25, 0.3) is 0 Å². The van der Waals surface area contributed by atoms with Gasteiger partial charge in [-0.25, -0.2) is 0 Å². The summed E-state index contributed by atoms with van der Waals surface area (Å²) in [6.07, 6.45) is 63.9. The predicted octanol–water partition coefficient (Wildman–Crippen LogP) is 19.7. The first-order chi connectivity index (χ1) is 32.5. The molecule has 0 aliphatic heterocycles. The summed E-state index contributed by atoms with van der Waals surface area (Å²) in [4.78, 5) is 37.9. The van der Waals surface area contributed by atoms with E-state index >= 15 is 0 Å². The lowest BCUT2D eigenvalue weighted by Gasteiger charge is -2.18. The molecule has 0 saturated heterocycles. The van der Waals surface area contributed by atoms with Crippen molar-refractivity contribution in [3.8, 4) is 0 Å². The molecule has 0 aromatic rings. The van der Waals surface area contributed by atoms with E-state index in [2.05, 4.69) is 32.9 Å². The van der Waals surface area contributed by atoms with E-state index in [9.17, 15) is 14.4 Å². The van der Waals surface area contributed by atoms with Crippen molar-refractivity contribution in [2.75, 3.05) is 13.2 Å². The second-order valence-electron chi connectivity index (χ2n) is 20.3. The van der Waals surface area contributed by atoms with Gasteiger partial charge >= 0.3 is 17.9 Å². The Balaban J connectivity index is 4.05. The van der Waals surface area contributed by atoms with Gasteiger partial charge in [0.15, 0.2) is 6.10 Å². The molecule has 0 fully saturated rings. The van der Waals surface area contributed by atoms with Gasteiger partial charge in [-0.15, -0.1) is 0 Å². The van der Waals surface area contributed by atoms with Gasteiger partial charge in [-0.1, -0.05) is 283 Å². The highest BCUT2D eigenvalue weighted by Gasteiger charge is 2.19. The normalized spacial score (nSPS) is 12.0. The molecule has 1 unspecified atom stereocenters. The average Bonchev–Trinajstić information content (AvgIpc) is 3.31. The molecule has 0 aliphatic carbocycles. The fourth-order valence-electron chi connectivity index (χ4n) is 9.03. The Bertz CT molecular complexity index is 1020. The van der Waals surface area contributed by atoms with Crippen molar-refractivity contribution >= 4 is 17.9 Å². The molecular formula is C60H114O6. The van der Waals surface area contributed by atoms with Crippen LogP contribution in [0.15, 0.2) is 12.2 Å². The summed E-state index contributed by atoms with van der Waals surface area (Å²) in [5.41, 5.74) is 0. The van der Waals surface area contributed by atoms with E-state index in [0.29, 0.717) is 19.3 Å². The second kappa shape index (κ2) is 55.7. The maximum atomic E-state index is 12.8. The van der Waals surface area contributed by atoms with Crippen LogP contribution in [0, 0.1) is 0 Å². The largest absolute Gasteiger partial charge is 0.462 e. The minimum absolute atomic E-state index is 0.0669. The van der Waals surface area contributed by atoms with Crippen molar-refractivity contribution in [3.05, 3.63) is 12.2 Å². The lowest BCUT2D eigenvalue weighted by Crippen LogP contribution is -2.30. The number of allylic oxidation sites excluding steroid dienone is 2. The molecule has 6 heteroatoms. The topological polar surface area (TPSA) is 78.9 Å². The van der Waals surface area contributed by atoms with Gasteiger partial charge in [0, 0.05) is 19.3 Å². The highest BCUT2D eigenvalue weighted by atomic mass is 16.6. The molecule has 0 saturated carbocycles. The summed E-state index contributed by atoms with van der Waals surface area (Å²) in [6, 6.07) is 0. The van der Waals surface area contributed by atoms with Crippen LogP contribution >= 0.6 is 0 Å². The van der Waals surface area contributed by atoms with Crippen LogP contribution in [0.2, 0.25) is 0 Å². The molecule has 0 aromatic carbocycles. The molecule has 0 aromatic heterocycles. The first-order valence-corrected chi connectivity index (χ1v) is 29.7. The highest BCUT2D eigenvalue weighted by Crippen LogP contribution is 2.17. The summed E-state index contributed by atoms with van der Waals surface area (Å²) in [7, 11) is 0. The molecule has 1 atom stereocenters. The van der Waals surface area contributed by atoms with Crippen LogP contribution in [0.4, 0.5) is 0 Å². The van der Waals surface area contributed by atoms with Gasteiger partial charge in [-0.3, -0.25) is 14.4 Å². The van der Waals surface area contributed by atoms with E-state index in [0.717, 1.165) is 57.8 Å². The number of ether oxygens (including phenoxy) is 3. The molecule has 0 aliphatic rings. The zero-order valence-corrected chi connectivity index (χ0v) is 44.7. The van der Waals surface area contributed by atoms with Gasteiger partial charge < -0.3 is 14.2 Å². The molecule has 0 N–H and O–H groups in total. The van der Waals surface area contributed by atoms with Crippen molar-refractivity contribution in [1.82, 2.24) is 0 Å². The molecule has 6 nitrogen and oxygen atoms in total. The number of carbonyl (C=O) groups is 3. The Morgan fingerprint density at radius 2 is 0.500 bits per heavy atom. The number of carbonyl (C=O) groups excluding carboxylic acids is 3. The quantitative estimate of drug-likeness (QED) is 0.0262. The van der Waals surface area contributed by atoms with Crippen LogP contribution in [0.1, 0.15) is 335 Å². The van der Waals surface area contributed by atoms with E-state index in [1.165, 1.54) is 238 Å². The molecule has 66 heavy (non-hydrogen) atoms. The minimum Gasteiger partial charge on any atom is -0.462 e. The van der Waals surface area contributed by atoms with Crippen LogP contribution < -0.4 is 0 Å². The summed E-state index contributed by atoms with van der Waals surface area (Å²) >= 11 is 0. The standard InChI is InChI=1S/C60H114O6/c1-4-7-10-13-16-18-20-22-24-26-28-29-30-31-32-33-35-36-38-40-42-44-47-50-53-59(62)65-56-57(55-64-58(61)52-49-46-15-12-9-6-3)66-60(63)54-51-48-45-43-41-39-37-34-27-25-23-21-19-17-14-11-8-5-2/h25,27,57H,4-24,26,28-56H2,1-3H3/b27-25-.